The van der Waals surface area contributed by atoms with Gasteiger partial charge in [-0.25, -0.2) is 0 Å². The minimum atomic E-state index is 0.200. The number of aromatic hydroxyl groups is 1. The number of hydrogen-bond donors (Lipinski definition) is 1. The van der Waals surface area contributed by atoms with E-state index in [9.17, 15) is 5.11 Å². The van der Waals surface area contributed by atoms with Crippen LogP contribution in [0, 0.1) is 17.3 Å². The average Bonchev–Trinajstić information content (AvgIpc) is 3.15. The fourth-order valence-electron chi connectivity index (χ4n) is 7.07. The van der Waals surface area contributed by atoms with Gasteiger partial charge in [0.1, 0.15) is 0 Å². The summed E-state index contributed by atoms with van der Waals surface area (Å²) >= 11 is 0. The van der Waals surface area contributed by atoms with Gasteiger partial charge in [0.05, 0.1) is 7.11 Å². The number of allylic oxidation sites excluding steroid dienone is 2. The minimum absolute atomic E-state index is 0.200. The molecule has 6 rings (SSSR count). The van der Waals surface area contributed by atoms with Crippen molar-refractivity contribution in [1.29, 1.82) is 0 Å². The molecule has 158 valence electrons. The summed E-state index contributed by atoms with van der Waals surface area (Å²) in [6, 6.07) is 12.7. The standard InChI is InChI=1S/C28H29NO2/c1-28-12-11-20-21(8-7-17-13-26(30)27(31-2)14-22(17)20)24(28)9-10-25(28)23-16-29-15-18-5-3-4-6-19(18)23/h3-6,10,13-16,20-21,24,30H,7-9,11-12H2,1-2H3/t20-,21+,24-,28-/m0/s1. The molecule has 2 aromatic carbocycles. The first-order valence-corrected chi connectivity index (χ1v) is 11.5. The van der Waals surface area contributed by atoms with E-state index in [4.69, 9.17) is 4.74 Å². The number of rotatable bonds is 2. The zero-order valence-electron chi connectivity index (χ0n) is 18.3. The summed E-state index contributed by atoms with van der Waals surface area (Å²) in [6.07, 6.45) is 12.4. The number of aromatic nitrogens is 1. The van der Waals surface area contributed by atoms with Crippen molar-refractivity contribution in [2.75, 3.05) is 7.11 Å². The van der Waals surface area contributed by atoms with E-state index in [1.165, 1.54) is 52.3 Å². The highest BCUT2D eigenvalue weighted by Gasteiger charge is 2.52. The second kappa shape index (κ2) is 6.85. The third kappa shape index (κ3) is 2.68. The molecule has 1 fully saturated rings. The molecule has 1 N–H and O–H groups in total. The van der Waals surface area contributed by atoms with Crippen molar-refractivity contribution in [3.63, 3.8) is 0 Å². The lowest BCUT2D eigenvalue weighted by molar-refractivity contribution is 0.0884. The van der Waals surface area contributed by atoms with Crippen molar-refractivity contribution in [2.45, 2.75) is 44.9 Å². The molecule has 0 unspecified atom stereocenters. The van der Waals surface area contributed by atoms with Gasteiger partial charge >= 0.3 is 0 Å². The average molecular weight is 412 g/mol. The fourth-order valence-corrected chi connectivity index (χ4v) is 7.07. The Kier molecular flexibility index (Phi) is 4.18. The van der Waals surface area contributed by atoms with Crippen LogP contribution in [0.3, 0.4) is 0 Å². The molecule has 1 saturated carbocycles. The Morgan fingerprint density at radius 3 is 2.87 bits per heavy atom. The first-order valence-electron chi connectivity index (χ1n) is 11.5. The van der Waals surface area contributed by atoms with E-state index >= 15 is 0 Å². The van der Waals surface area contributed by atoms with Gasteiger partial charge in [-0.05, 0) is 89.5 Å². The van der Waals surface area contributed by atoms with Gasteiger partial charge in [0.15, 0.2) is 11.5 Å². The number of phenols is 1. The third-order valence-corrected chi connectivity index (χ3v) is 8.56. The van der Waals surface area contributed by atoms with Gasteiger partial charge in [-0.1, -0.05) is 37.3 Å². The highest BCUT2D eigenvalue weighted by molar-refractivity contribution is 5.94. The summed E-state index contributed by atoms with van der Waals surface area (Å²) in [5.41, 5.74) is 5.75. The van der Waals surface area contributed by atoms with Crippen LogP contribution in [0.4, 0.5) is 0 Å². The molecule has 0 bridgehead atoms. The van der Waals surface area contributed by atoms with Crippen LogP contribution in [-0.4, -0.2) is 17.2 Å². The van der Waals surface area contributed by atoms with Crippen LogP contribution in [-0.2, 0) is 6.42 Å². The molecule has 1 aromatic heterocycles. The van der Waals surface area contributed by atoms with E-state index in [1.807, 2.05) is 12.3 Å². The summed E-state index contributed by atoms with van der Waals surface area (Å²) in [7, 11) is 1.64. The Morgan fingerprint density at radius 2 is 2.00 bits per heavy atom. The quantitative estimate of drug-likeness (QED) is 0.523. The van der Waals surface area contributed by atoms with Gasteiger partial charge in [-0.3, -0.25) is 4.98 Å². The van der Waals surface area contributed by atoms with Gasteiger partial charge in [-0.2, -0.15) is 0 Å². The van der Waals surface area contributed by atoms with Crippen molar-refractivity contribution in [1.82, 2.24) is 4.98 Å². The first kappa shape index (κ1) is 18.9. The maximum absolute atomic E-state index is 10.3. The maximum atomic E-state index is 10.3. The number of aryl methyl sites for hydroxylation is 1. The molecular formula is C28H29NO2. The molecule has 3 heteroatoms. The maximum Gasteiger partial charge on any atom is 0.160 e. The molecule has 3 nitrogen and oxygen atoms in total. The van der Waals surface area contributed by atoms with E-state index in [0.717, 1.165) is 12.8 Å². The van der Waals surface area contributed by atoms with E-state index < -0.39 is 0 Å². The Hall–Kier alpha value is -2.81. The van der Waals surface area contributed by atoms with E-state index in [2.05, 4.69) is 54.5 Å². The van der Waals surface area contributed by atoms with Crippen molar-refractivity contribution >= 4 is 16.3 Å². The largest absolute Gasteiger partial charge is 0.504 e. The van der Waals surface area contributed by atoms with Crippen molar-refractivity contribution in [3.05, 3.63) is 71.6 Å². The number of fused-ring (bicyclic) bond motifs is 6. The predicted molar refractivity (Wildman–Crippen MR) is 124 cm³/mol. The Morgan fingerprint density at radius 1 is 1.13 bits per heavy atom. The molecule has 3 aliphatic carbocycles. The molecular weight excluding hydrogens is 382 g/mol. The summed E-state index contributed by atoms with van der Waals surface area (Å²) in [5.74, 6) is 2.79. The van der Waals surface area contributed by atoms with Gasteiger partial charge in [0.25, 0.3) is 0 Å². The Balaban J connectivity index is 1.38. The van der Waals surface area contributed by atoms with E-state index in [1.54, 1.807) is 7.11 Å². The molecule has 3 aromatic rings. The van der Waals surface area contributed by atoms with Gasteiger partial charge in [0.2, 0.25) is 0 Å². The minimum Gasteiger partial charge on any atom is -0.504 e. The highest BCUT2D eigenvalue weighted by atomic mass is 16.5. The van der Waals surface area contributed by atoms with Gasteiger partial charge in [0, 0.05) is 23.3 Å². The second-order valence-corrected chi connectivity index (χ2v) is 9.86. The molecule has 31 heavy (non-hydrogen) atoms. The predicted octanol–water partition coefficient (Wildman–Crippen LogP) is 6.50. The molecule has 0 aliphatic heterocycles. The van der Waals surface area contributed by atoms with Crippen LogP contribution < -0.4 is 4.74 Å². The number of nitrogens with zero attached hydrogens (tertiary/aromatic N) is 1. The van der Waals surface area contributed by atoms with Crippen molar-refractivity contribution < 1.29 is 9.84 Å². The number of phenolic OH excluding ortho intramolecular Hbond substituents is 1. The molecule has 1 heterocycles. The number of benzene rings is 2. The molecule has 0 spiro atoms. The Labute approximate surface area is 183 Å². The summed E-state index contributed by atoms with van der Waals surface area (Å²) in [4.78, 5) is 4.59. The normalized spacial score (nSPS) is 29.1. The van der Waals surface area contributed by atoms with Crippen LogP contribution in [0.5, 0.6) is 11.5 Å². The van der Waals surface area contributed by atoms with E-state index in [0.29, 0.717) is 23.5 Å². The lowest BCUT2D eigenvalue weighted by Gasteiger charge is -2.50. The molecule has 0 amide bonds. The van der Waals surface area contributed by atoms with Crippen molar-refractivity contribution in [3.8, 4) is 11.5 Å². The number of hydrogen-bond acceptors (Lipinski definition) is 3. The zero-order chi connectivity index (χ0) is 21.2. The van der Waals surface area contributed by atoms with Crippen LogP contribution >= 0.6 is 0 Å². The lowest BCUT2D eigenvalue weighted by Crippen LogP contribution is -2.40. The zero-order valence-corrected chi connectivity index (χ0v) is 18.3. The van der Waals surface area contributed by atoms with Gasteiger partial charge < -0.3 is 9.84 Å². The lowest BCUT2D eigenvalue weighted by atomic mass is 9.54. The Bertz CT molecular complexity index is 1210. The van der Waals surface area contributed by atoms with Crippen LogP contribution in [0.25, 0.3) is 16.3 Å². The smallest absolute Gasteiger partial charge is 0.160 e. The molecule has 0 saturated heterocycles. The van der Waals surface area contributed by atoms with Crippen LogP contribution in [0.15, 0.2) is 54.9 Å². The monoisotopic (exact) mass is 411 g/mol. The molecule has 0 radical (unpaired) electrons. The fraction of sp³-hybridized carbons (Fsp3) is 0.393. The van der Waals surface area contributed by atoms with Crippen molar-refractivity contribution in [2.24, 2.45) is 17.3 Å². The second-order valence-electron chi connectivity index (χ2n) is 9.86. The summed E-state index contributed by atoms with van der Waals surface area (Å²) in [5, 5.41) is 12.8. The van der Waals surface area contributed by atoms with Crippen LogP contribution in [0.1, 0.15) is 55.2 Å². The summed E-state index contributed by atoms with van der Waals surface area (Å²) in [6.45, 7) is 2.50. The summed E-state index contributed by atoms with van der Waals surface area (Å²) < 4.78 is 5.45. The number of pyridine rings is 1. The topological polar surface area (TPSA) is 42.4 Å². The number of ether oxygens (including phenoxy) is 1. The van der Waals surface area contributed by atoms with Gasteiger partial charge in [-0.15, -0.1) is 0 Å². The highest BCUT2D eigenvalue weighted by Crippen LogP contribution is 2.63. The SMILES string of the molecule is COc1cc2c(cc1O)CC[C@@H]1[C@@H]2CC[C@]2(C)C(c3cncc4ccccc34)=CC[C@@H]12. The number of methoxy groups -OCH3 is 1. The van der Waals surface area contributed by atoms with E-state index in [-0.39, 0.29) is 11.2 Å². The first-order chi connectivity index (χ1) is 15.1. The van der Waals surface area contributed by atoms with Crippen LogP contribution in [0.2, 0.25) is 0 Å². The molecule has 4 atom stereocenters. The molecule has 3 aliphatic rings. The third-order valence-electron chi connectivity index (χ3n) is 8.56.